The van der Waals surface area contributed by atoms with Crippen molar-refractivity contribution in [3.63, 3.8) is 0 Å². The Labute approximate surface area is 631 Å². The first-order chi connectivity index (χ1) is 50.6. The van der Waals surface area contributed by atoms with Crippen LogP contribution < -0.4 is 5.32 Å². The molecule has 2 saturated heterocycles. The first-order valence-corrected chi connectivity index (χ1v) is 43.3. The Morgan fingerprint density at radius 2 is 0.680 bits per heavy atom. The van der Waals surface area contributed by atoms with Crippen molar-refractivity contribution in [3.05, 3.63) is 85.1 Å². The van der Waals surface area contributed by atoms with Crippen molar-refractivity contribution in [2.75, 3.05) is 19.8 Å². The Balaban J connectivity index is 1.57. The van der Waals surface area contributed by atoms with E-state index in [1.165, 1.54) is 276 Å². The standard InChI is InChI=1S/C89H161NO13/c1-3-5-7-9-11-13-15-17-19-21-23-25-27-29-31-33-34-35-36-37-38-39-40-41-42-43-44-45-47-49-51-53-55-57-59-61-63-65-67-69-71-73-81(94)90-77(76-100-88-86(99)84(97)87(80(75-92)102-88)103-89-85(98)83(96)82(95)79(74-91)101-89)78(93)72-70-68-66-64-62-60-58-56-54-52-50-48-46-32-30-28-26-24-22-20-18-16-14-12-10-8-6-4-2/h5,7,11,13,17,19,23,25,54,56,62,64,70,72,77-80,82-89,91-93,95-99H,3-4,6,8-10,12,14-16,18,20-22,24,26-53,55,57-61,63,65-69,71,73-76H2,1-2H3,(H,90,94)/b7-5-,13-11-,19-17-,25-23-,56-54+,64-62+,72-70+. The highest BCUT2D eigenvalue weighted by molar-refractivity contribution is 5.76. The van der Waals surface area contributed by atoms with Crippen LogP contribution in [-0.4, -0.2) is 140 Å². The molecule has 2 aliphatic rings. The lowest BCUT2D eigenvalue weighted by Gasteiger charge is -2.46. The van der Waals surface area contributed by atoms with Crippen LogP contribution in [0.1, 0.15) is 380 Å². The molecule has 0 radical (unpaired) electrons. The largest absolute Gasteiger partial charge is 0.394 e. The van der Waals surface area contributed by atoms with E-state index in [9.17, 15) is 45.6 Å². The lowest BCUT2D eigenvalue weighted by molar-refractivity contribution is -0.359. The molecule has 0 bridgehead atoms. The van der Waals surface area contributed by atoms with E-state index in [1.54, 1.807) is 6.08 Å². The minimum atomic E-state index is -1.80. The van der Waals surface area contributed by atoms with E-state index in [0.29, 0.717) is 12.8 Å². The second-order valence-electron chi connectivity index (χ2n) is 30.3. The summed E-state index contributed by atoms with van der Waals surface area (Å²) in [6.07, 6.45) is 85.6. The van der Waals surface area contributed by atoms with E-state index in [2.05, 4.69) is 92.1 Å². The summed E-state index contributed by atoms with van der Waals surface area (Å²) in [4.78, 5) is 13.4. The number of carbonyl (C=O) groups excluding carboxylic acids is 1. The van der Waals surface area contributed by atoms with E-state index < -0.39 is 86.8 Å². The van der Waals surface area contributed by atoms with Gasteiger partial charge in [0.05, 0.1) is 32.0 Å². The molecule has 2 fully saturated rings. The highest BCUT2D eigenvalue weighted by atomic mass is 16.7. The minimum absolute atomic E-state index is 0.247. The average molecular weight is 1450 g/mol. The smallest absolute Gasteiger partial charge is 0.220 e. The molecule has 0 aromatic carbocycles. The van der Waals surface area contributed by atoms with Crippen molar-refractivity contribution >= 4 is 5.91 Å². The van der Waals surface area contributed by atoms with Gasteiger partial charge in [0.15, 0.2) is 12.6 Å². The lowest BCUT2D eigenvalue weighted by Crippen LogP contribution is -2.65. The highest BCUT2D eigenvalue weighted by Gasteiger charge is 2.51. The summed E-state index contributed by atoms with van der Waals surface area (Å²) in [6, 6.07) is -0.941. The van der Waals surface area contributed by atoms with Gasteiger partial charge in [-0.1, -0.05) is 375 Å². The molecular weight excluding hydrogens is 1290 g/mol. The van der Waals surface area contributed by atoms with E-state index in [1.807, 2.05) is 6.08 Å². The maximum absolute atomic E-state index is 13.4. The van der Waals surface area contributed by atoms with Crippen LogP contribution in [0.2, 0.25) is 0 Å². The Morgan fingerprint density at radius 3 is 1.07 bits per heavy atom. The second-order valence-corrected chi connectivity index (χ2v) is 30.3. The van der Waals surface area contributed by atoms with Gasteiger partial charge < -0.3 is 65.1 Å². The van der Waals surface area contributed by atoms with Crippen LogP contribution >= 0.6 is 0 Å². The normalized spacial score (nSPS) is 22.0. The zero-order valence-corrected chi connectivity index (χ0v) is 66.1. The van der Waals surface area contributed by atoms with Crippen LogP contribution in [0, 0.1) is 0 Å². The number of carbonyl (C=O) groups is 1. The molecule has 14 heteroatoms. The maximum Gasteiger partial charge on any atom is 0.220 e. The number of nitrogens with one attached hydrogen (secondary N) is 1. The van der Waals surface area contributed by atoms with Crippen LogP contribution in [0.25, 0.3) is 0 Å². The van der Waals surface area contributed by atoms with Crippen molar-refractivity contribution < 1.29 is 64.6 Å². The third-order valence-corrected chi connectivity index (χ3v) is 20.8. The molecule has 0 saturated carbocycles. The summed E-state index contributed by atoms with van der Waals surface area (Å²) in [6.45, 7) is 2.72. The summed E-state index contributed by atoms with van der Waals surface area (Å²) >= 11 is 0. The summed E-state index contributed by atoms with van der Waals surface area (Å²) in [5.41, 5.74) is 0. The van der Waals surface area contributed by atoms with Crippen molar-refractivity contribution in [2.24, 2.45) is 0 Å². The Bertz CT molecular complexity index is 2060. The molecule has 0 aromatic heterocycles. The number of unbranched alkanes of at least 4 members (excludes halogenated alkanes) is 48. The van der Waals surface area contributed by atoms with Crippen molar-refractivity contribution in [2.45, 2.75) is 453 Å². The molecule has 2 heterocycles. The number of hydrogen-bond acceptors (Lipinski definition) is 13. The second kappa shape index (κ2) is 72.1. The third kappa shape index (κ3) is 54.4. The number of ether oxygens (including phenoxy) is 4. The van der Waals surface area contributed by atoms with Gasteiger partial charge in [-0.05, 0) is 83.5 Å². The molecule has 0 aromatic rings. The first-order valence-electron chi connectivity index (χ1n) is 43.3. The van der Waals surface area contributed by atoms with Gasteiger partial charge in [-0.25, -0.2) is 0 Å². The van der Waals surface area contributed by atoms with Gasteiger partial charge in [0.1, 0.15) is 48.8 Å². The number of aliphatic hydroxyl groups excluding tert-OH is 8. The van der Waals surface area contributed by atoms with Gasteiger partial charge in [-0.3, -0.25) is 4.79 Å². The van der Waals surface area contributed by atoms with Crippen LogP contribution in [0.15, 0.2) is 85.1 Å². The van der Waals surface area contributed by atoms with Crippen molar-refractivity contribution in [1.29, 1.82) is 0 Å². The van der Waals surface area contributed by atoms with Gasteiger partial charge in [0.25, 0.3) is 0 Å². The van der Waals surface area contributed by atoms with Gasteiger partial charge in [0.2, 0.25) is 5.91 Å². The monoisotopic (exact) mass is 1450 g/mol. The molecule has 1 amide bonds. The van der Waals surface area contributed by atoms with Crippen LogP contribution in [0.4, 0.5) is 0 Å². The molecule has 2 aliphatic heterocycles. The van der Waals surface area contributed by atoms with Crippen LogP contribution in [-0.2, 0) is 23.7 Å². The topological polar surface area (TPSA) is 228 Å². The molecule has 12 unspecified atom stereocenters. The predicted octanol–water partition coefficient (Wildman–Crippen LogP) is 20.6. The van der Waals surface area contributed by atoms with E-state index >= 15 is 0 Å². The predicted molar refractivity (Wildman–Crippen MR) is 429 cm³/mol. The van der Waals surface area contributed by atoms with Gasteiger partial charge in [-0.2, -0.15) is 0 Å². The van der Waals surface area contributed by atoms with E-state index in [4.69, 9.17) is 18.9 Å². The maximum atomic E-state index is 13.4. The van der Waals surface area contributed by atoms with Gasteiger partial charge in [0, 0.05) is 6.42 Å². The zero-order valence-electron chi connectivity index (χ0n) is 66.1. The Kier molecular flexibility index (Phi) is 67.3. The summed E-state index contributed by atoms with van der Waals surface area (Å²) in [7, 11) is 0. The molecule has 9 N–H and O–H groups in total. The fourth-order valence-electron chi connectivity index (χ4n) is 14.0. The van der Waals surface area contributed by atoms with Crippen molar-refractivity contribution in [1.82, 2.24) is 5.32 Å². The molecule has 103 heavy (non-hydrogen) atoms. The SMILES string of the molecule is CC/C=C\C/C=C\C/C=C\C/C=C\CCCCCCCCCCCCCCCCCCCCCCCCCCCCCCC(=O)NC(COC1OC(CO)C(OC2OC(CO)C(O)C(O)C2O)C(O)C1O)C(O)/C=C/CC/C=C/CC/C=C/CCCCCCCCCCCCCCCCCCCC. The average Bonchev–Trinajstić information content (AvgIpc) is 0.791. The zero-order chi connectivity index (χ0) is 74.4. The molecule has 12 atom stereocenters. The number of allylic oxidation sites excluding steroid dienone is 13. The quantitative estimate of drug-likeness (QED) is 0.0204. The minimum Gasteiger partial charge on any atom is -0.394 e. The summed E-state index contributed by atoms with van der Waals surface area (Å²) in [5, 5.41) is 87.7. The van der Waals surface area contributed by atoms with Gasteiger partial charge in [-0.15, -0.1) is 0 Å². The number of rotatable bonds is 73. The molecule has 0 spiro atoms. The molecule has 600 valence electrons. The summed E-state index contributed by atoms with van der Waals surface area (Å²) in [5.74, 6) is -0.247. The van der Waals surface area contributed by atoms with Gasteiger partial charge >= 0.3 is 0 Å². The third-order valence-electron chi connectivity index (χ3n) is 20.8. The number of amides is 1. The summed E-state index contributed by atoms with van der Waals surface area (Å²) < 4.78 is 22.9. The Hall–Kier alpha value is -2.83. The number of aliphatic hydroxyl groups is 8. The first kappa shape index (κ1) is 96.2. The molecule has 2 rings (SSSR count). The molecule has 0 aliphatic carbocycles. The van der Waals surface area contributed by atoms with Crippen LogP contribution in [0.3, 0.4) is 0 Å². The van der Waals surface area contributed by atoms with E-state index in [0.717, 1.165) is 70.6 Å². The Morgan fingerprint density at radius 1 is 0.359 bits per heavy atom. The molecule has 14 nitrogen and oxygen atoms in total. The van der Waals surface area contributed by atoms with Crippen molar-refractivity contribution in [3.8, 4) is 0 Å². The fourth-order valence-corrected chi connectivity index (χ4v) is 14.0. The van der Waals surface area contributed by atoms with E-state index in [-0.39, 0.29) is 18.9 Å². The highest BCUT2D eigenvalue weighted by Crippen LogP contribution is 2.30. The molecular formula is C89H161NO13. The fraction of sp³-hybridized carbons (Fsp3) is 0.831. The van der Waals surface area contributed by atoms with Crippen LogP contribution in [0.5, 0.6) is 0 Å². The lowest BCUT2D eigenvalue weighted by atomic mass is 9.97. The number of hydrogen-bond donors (Lipinski definition) is 9.